The van der Waals surface area contributed by atoms with Crippen molar-refractivity contribution in [2.75, 3.05) is 36.0 Å². The molecule has 0 aromatic heterocycles. The number of nitrogens with zero attached hydrogens (tertiary/aromatic N) is 3. The lowest BCUT2D eigenvalue weighted by molar-refractivity contribution is -0.139. The van der Waals surface area contributed by atoms with E-state index in [0.29, 0.717) is 31.0 Å². The first-order valence-corrected chi connectivity index (χ1v) is 12.2. The molecule has 2 heterocycles. The molecule has 7 nitrogen and oxygen atoms in total. The number of carboxylic acid groups (broad SMARTS) is 1. The standard InChI is InChI=1S/C25H36FN3O4/c1-17(2)15-29(24(32)33)19-6-9-22(21(26)14-19)27-12-3-10-25(16-27)11-13-28(23(25)31)18-4-7-20(30)8-5-18/h6,9,14,17-18,20,30H,3-5,7-8,10-13,15-16H2,1-2H3,(H,32,33)/t18?,20?,25-/m0/s1. The maximum absolute atomic E-state index is 15.2. The van der Waals surface area contributed by atoms with Gasteiger partial charge in [-0.1, -0.05) is 13.8 Å². The Bertz CT molecular complexity index is 886. The third kappa shape index (κ3) is 4.81. The van der Waals surface area contributed by atoms with Crippen LogP contribution in [0.1, 0.15) is 58.8 Å². The van der Waals surface area contributed by atoms with Gasteiger partial charge in [-0.2, -0.15) is 0 Å². The molecule has 1 atom stereocenters. The van der Waals surface area contributed by atoms with Crippen LogP contribution in [0.5, 0.6) is 0 Å². The highest BCUT2D eigenvalue weighted by Crippen LogP contribution is 2.44. The number of rotatable bonds is 5. The van der Waals surface area contributed by atoms with Gasteiger partial charge in [-0.25, -0.2) is 9.18 Å². The van der Waals surface area contributed by atoms with Crippen molar-refractivity contribution in [2.24, 2.45) is 11.3 Å². The monoisotopic (exact) mass is 461 g/mol. The number of hydrogen-bond acceptors (Lipinski definition) is 4. The zero-order valence-electron chi connectivity index (χ0n) is 19.7. The molecule has 2 saturated heterocycles. The third-order valence-corrected chi connectivity index (χ3v) is 7.59. The van der Waals surface area contributed by atoms with E-state index in [1.54, 1.807) is 12.1 Å². The quantitative estimate of drug-likeness (QED) is 0.690. The van der Waals surface area contributed by atoms with Crippen LogP contribution < -0.4 is 9.80 Å². The van der Waals surface area contributed by atoms with E-state index in [2.05, 4.69) is 0 Å². The SMILES string of the molecule is CC(C)CN(C(=O)O)c1ccc(N2CCC[C@]3(CCN(C4CCC(O)CC4)C3=O)C2)c(F)c1. The third-order valence-electron chi connectivity index (χ3n) is 7.59. The van der Waals surface area contributed by atoms with Gasteiger partial charge in [0.15, 0.2) is 0 Å². The van der Waals surface area contributed by atoms with E-state index >= 15 is 4.39 Å². The van der Waals surface area contributed by atoms with Crippen LogP contribution in [0.4, 0.5) is 20.6 Å². The number of hydrogen-bond donors (Lipinski definition) is 2. The summed E-state index contributed by atoms with van der Waals surface area (Å²) in [6.45, 7) is 6.04. The number of aliphatic hydroxyl groups excluding tert-OH is 1. The van der Waals surface area contributed by atoms with Crippen molar-refractivity contribution in [1.29, 1.82) is 0 Å². The molecular formula is C25H36FN3O4. The van der Waals surface area contributed by atoms with Crippen LogP contribution in [0.2, 0.25) is 0 Å². The summed E-state index contributed by atoms with van der Waals surface area (Å²) in [7, 11) is 0. The summed E-state index contributed by atoms with van der Waals surface area (Å²) in [6.07, 6.45) is 4.25. The minimum atomic E-state index is -1.10. The van der Waals surface area contributed by atoms with E-state index in [-0.39, 0.29) is 24.0 Å². The van der Waals surface area contributed by atoms with Crippen molar-refractivity contribution in [3.05, 3.63) is 24.0 Å². The Morgan fingerprint density at radius 2 is 1.94 bits per heavy atom. The van der Waals surface area contributed by atoms with Crippen LogP contribution in [-0.4, -0.2) is 65.4 Å². The van der Waals surface area contributed by atoms with E-state index in [1.165, 1.54) is 11.0 Å². The van der Waals surface area contributed by atoms with Crippen molar-refractivity contribution in [3.63, 3.8) is 0 Å². The summed E-state index contributed by atoms with van der Waals surface area (Å²) < 4.78 is 15.2. The van der Waals surface area contributed by atoms with E-state index in [9.17, 15) is 19.8 Å². The van der Waals surface area contributed by atoms with E-state index in [0.717, 1.165) is 51.5 Å². The number of aliphatic hydroxyl groups is 1. The van der Waals surface area contributed by atoms with Gasteiger partial charge >= 0.3 is 6.09 Å². The van der Waals surface area contributed by atoms with Gasteiger partial charge < -0.3 is 20.0 Å². The first kappa shape index (κ1) is 23.8. The van der Waals surface area contributed by atoms with Crippen molar-refractivity contribution >= 4 is 23.4 Å². The molecular weight excluding hydrogens is 425 g/mol. The fraction of sp³-hybridized carbons (Fsp3) is 0.680. The van der Waals surface area contributed by atoms with Gasteiger partial charge in [-0.05, 0) is 69.1 Å². The Hall–Kier alpha value is -2.35. The second kappa shape index (κ2) is 9.49. The van der Waals surface area contributed by atoms with Crippen molar-refractivity contribution in [1.82, 2.24) is 4.90 Å². The van der Waals surface area contributed by atoms with E-state index in [4.69, 9.17) is 0 Å². The van der Waals surface area contributed by atoms with Gasteiger partial charge in [0.25, 0.3) is 0 Å². The average molecular weight is 462 g/mol. The molecule has 1 saturated carbocycles. The molecule has 4 rings (SSSR count). The molecule has 182 valence electrons. The van der Waals surface area contributed by atoms with Crippen LogP contribution in [0.25, 0.3) is 0 Å². The molecule has 2 amide bonds. The average Bonchev–Trinajstić information content (AvgIpc) is 3.07. The minimum Gasteiger partial charge on any atom is -0.465 e. The van der Waals surface area contributed by atoms with Crippen LogP contribution in [0, 0.1) is 17.2 Å². The van der Waals surface area contributed by atoms with Gasteiger partial charge in [0.05, 0.1) is 22.9 Å². The van der Waals surface area contributed by atoms with E-state index < -0.39 is 17.3 Å². The highest BCUT2D eigenvalue weighted by Gasteiger charge is 2.50. The molecule has 0 unspecified atom stereocenters. The first-order chi connectivity index (χ1) is 15.7. The summed E-state index contributed by atoms with van der Waals surface area (Å²) in [6, 6.07) is 4.81. The van der Waals surface area contributed by atoms with Gasteiger partial charge in [0.2, 0.25) is 5.91 Å². The molecule has 2 aliphatic heterocycles. The Morgan fingerprint density at radius 3 is 2.58 bits per heavy atom. The summed E-state index contributed by atoms with van der Waals surface area (Å²) in [5.74, 6) is -0.155. The first-order valence-electron chi connectivity index (χ1n) is 12.2. The van der Waals surface area contributed by atoms with Crippen molar-refractivity contribution in [3.8, 4) is 0 Å². The molecule has 3 fully saturated rings. The number of amides is 2. The topological polar surface area (TPSA) is 84.3 Å². The molecule has 1 spiro atoms. The van der Waals surface area contributed by atoms with E-state index in [1.807, 2.05) is 23.6 Å². The fourth-order valence-corrected chi connectivity index (χ4v) is 5.86. The van der Waals surface area contributed by atoms with Crippen LogP contribution in [0.15, 0.2) is 18.2 Å². The Labute approximate surface area is 195 Å². The summed E-state index contributed by atoms with van der Waals surface area (Å²) in [5.41, 5.74) is 0.274. The lowest BCUT2D eigenvalue weighted by Gasteiger charge is -2.41. The fourth-order valence-electron chi connectivity index (χ4n) is 5.86. The molecule has 8 heteroatoms. The van der Waals surface area contributed by atoms with Crippen LogP contribution >= 0.6 is 0 Å². The summed E-state index contributed by atoms with van der Waals surface area (Å²) in [4.78, 5) is 30.3. The Kier molecular flexibility index (Phi) is 6.84. The zero-order valence-corrected chi connectivity index (χ0v) is 19.7. The summed E-state index contributed by atoms with van der Waals surface area (Å²) in [5, 5.41) is 19.3. The molecule has 0 bridgehead atoms. The van der Waals surface area contributed by atoms with Gasteiger partial charge in [0.1, 0.15) is 5.82 Å². The largest absolute Gasteiger partial charge is 0.465 e. The summed E-state index contributed by atoms with van der Waals surface area (Å²) >= 11 is 0. The second-order valence-electron chi connectivity index (χ2n) is 10.4. The predicted octanol–water partition coefficient (Wildman–Crippen LogP) is 4.09. The number of piperidine rings is 1. The number of benzene rings is 1. The number of halogens is 1. The maximum Gasteiger partial charge on any atom is 0.411 e. The number of anilines is 2. The lowest BCUT2D eigenvalue weighted by Crippen LogP contribution is -2.50. The van der Waals surface area contributed by atoms with Crippen LogP contribution in [0.3, 0.4) is 0 Å². The maximum atomic E-state index is 15.2. The molecule has 1 aromatic carbocycles. The number of likely N-dealkylation sites (tertiary alicyclic amines) is 1. The highest BCUT2D eigenvalue weighted by atomic mass is 19.1. The number of carbonyl (C=O) groups excluding carboxylic acids is 1. The highest BCUT2D eigenvalue weighted by molar-refractivity contribution is 5.87. The Morgan fingerprint density at radius 1 is 1.21 bits per heavy atom. The van der Waals surface area contributed by atoms with Crippen molar-refractivity contribution in [2.45, 2.75) is 70.9 Å². The minimum absolute atomic E-state index is 0.120. The zero-order chi connectivity index (χ0) is 23.8. The predicted molar refractivity (Wildman–Crippen MR) is 125 cm³/mol. The van der Waals surface area contributed by atoms with Gasteiger partial charge in [0, 0.05) is 32.2 Å². The molecule has 3 aliphatic rings. The molecule has 33 heavy (non-hydrogen) atoms. The molecule has 1 aliphatic carbocycles. The second-order valence-corrected chi connectivity index (χ2v) is 10.4. The Balaban J connectivity index is 1.49. The smallest absolute Gasteiger partial charge is 0.411 e. The number of carbonyl (C=O) groups is 2. The van der Waals surface area contributed by atoms with Crippen LogP contribution in [-0.2, 0) is 4.79 Å². The lowest BCUT2D eigenvalue weighted by atomic mass is 9.78. The van der Waals surface area contributed by atoms with Gasteiger partial charge in [-0.15, -0.1) is 0 Å². The van der Waals surface area contributed by atoms with Gasteiger partial charge in [-0.3, -0.25) is 9.69 Å². The molecule has 1 aromatic rings. The van der Waals surface area contributed by atoms with Crippen molar-refractivity contribution < 1.29 is 24.2 Å². The molecule has 0 radical (unpaired) electrons. The normalized spacial score (nSPS) is 28.1. The molecule has 2 N–H and O–H groups in total.